The molecule has 0 bridgehead atoms. The molecule has 3 aromatic carbocycles. The molecule has 0 fully saturated rings. The van der Waals surface area contributed by atoms with E-state index < -0.39 is 32.3 Å². The Labute approximate surface area is 287 Å². The Hall–Kier alpha value is -1.99. The number of hydrogen-bond donors (Lipinski definition) is 0. The fourth-order valence-electron chi connectivity index (χ4n) is 9.61. The molecular formula is C42H64Si4. The average molecular weight is 681 g/mol. The van der Waals surface area contributed by atoms with Crippen molar-refractivity contribution in [3.8, 4) is 0 Å². The maximum absolute atomic E-state index is 2.85. The van der Waals surface area contributed by atoms with Crippen molar-refractivity contribution in [2.75, 3.05) is 0 Å². The van der Waals surface area contributed by atoms with Gasteiger partial charge in [0.1, 0.15) is 0 Å². The highest BCUT2D eigenvalue weighted by molar-refractivity contribution is 7.15. The van der Waals surface area contributed by atoms with Crippen LogP contribution in [0.5, 0.6) is 0 Å². The highest BCUT2D eigenvalue weighted by atomic mass is 28.3. The number of benzene rings is 3. The topological polar surface area (TPSA) is 0 Å². The Morgan fingerprint density at radius 1 is 0.370 bits per heavy atom. The van der Waals surface area contributed by atoms with E-state index in [2.05, 4.69) is 165 Å². The van der Waals surface area contributed by atoms with E-state index in [0.29, 0.717) is 5.54 Å². The first kappa shape index (κ1) is 36.8. The second-order valence-electron chi connectivity index (χ2n) is 17.9. The maximum atomic E-state index is 2.54. The Balaban J connectivity index is 2.54. The van der Waals surface area contributed by atoms with Crippen LogP contribution in [0.2, 0.25) is 64.5 Å². The van der Waals surface area contributed by atoms with Crippen LogP contribution in [0, 0.1) is 41.5 Å². The molecule has 0 saturated carbocycles. The molecular weight excluding hydrogens is 617 g/mol. The van der Waals surface area contributed by atoms with Crippen molar-refractivity contribution in [3.05, 3.63) is 92.1 Å². The van der Waals surface area contributed by atoms with Gasteiger partial charge in [0.05, 0.1) is 24.2 Å². The van der Waals surface area contributed by atoms with Gasteiger partial charge in [-0.3, -0.25) is 0 Å². The third-order valence-corrected chi connectivity index (χ3v) is 24.6. The largest absolute Gasteiger partial charge is 0.160 e. The molecule has 46 heavy (non-hydrogen) atoms. The fourth-order valence-corrected chi connectivity index (χ4v) is 23.1. The van der Waals surface area contributed by atoms with E-state index >= 15 is 0 Å². The van der Waals surface area contributed by atoms with Gasteiger partial charge in [0.15, 0.2) is 8.07 Å². The first-order valence-electron chi connectivity index (χ1n) is 17.6. The summed E-state index contributed by atoms with van der Waals surface area (Å²) in [7, 11) is -7.76. The van der Waals surface area contributed by atoms with Gasteiger partial charge < -0.3 is 0 Å². The lowest BCUT2D eigenvalue weighted by Crippen LogP contribution is -2.75. The van der Waals surface area contributed by atoms with Crippen molar-refractivity contribution in [3.63, 3.8) is 0 Å². The molecule has 0 N–H and O–H groups in total. The highest BCUT2D eigenvalue weighted by Crippen LogP contribution is 2.47. The molecule has 0 spiro atoms. The van der Waals surface area contributed by atoms with Gasteiger partial charge in [-0.05, 0) is 95.9 Å². The minimum Gasteiger partial charge on any atom is -0.0656 e. The lowest BCUT2D eigenvalue weighted by molar-refractivity contribution is 1.08. The normalized spacial score (nSPS) is 15.5. The first-order chi connectivity index (χ1) is 20.9. The molecule has 0 radical (unpaired) electrons. The quantitative estimate of drug-likeness (QED) is 0.173. The van der Waals surface area contributed by atoms with E-state index in [9.17, 15) is 0 Å². The highest BCUT2D eigenvalue weighted by Gasteiger charge is 2.55. The standard InChI is InChI=1S/C42H64Si4/c1-26-20-23-36(43(11,12)13)33(8)39(26)46(42-31(6)29(4)30(5)32(42)7,40-27(2)21-24-37(34(40)9)44(14,15)16)41-28(3)22-25-38(35(41)10)45(17,18)19/h20-25,42H,1-19H3. The zero-order chi connectivity index (χ0) is 35.1. The minimum absolute atomic E-state index is 0.380. The molecule has 0 nitrogen and oxygen atoms in total. The van der Waals surface area contributed by atoms with Gasteiger partial charge in [-0.15, -0.1) is 0 Å². The van der Waals surface area contributed by atoms with E-state index in [4.69, 9.17) is 0 Å². The second kappa shape index (κ2) is 12.2. The van der Waals surface area contributed by atoms with Crippen molar-refractivity contribution < 1.29 is 0 Å². The monoisotopic (exact) mass is 680 g/mol. The summed E-state index contributed by atoms with van der Waals surface area (Å²) in [5.41, 5.74) is 15.9. The van der Waals surface area contributed by atoms with Crippen LogP contribution >= 0.6 is 0 Å². The molecule has 0 amide bonds. The molecule has 0 aromatic heterocycles. The second-order valence-corrected chi connectivity index (χ2v) is 36.7. The summed E-state index contributed by atoms with van der Waals surface area (Å²) in [6, 6.07) is 15.1. The summed E-state index contributed by atoms with van der Waals surface area (Å²) in [5.74, 6) is 0. The number of allylic oxidation sites excluding steroid dienone is 4. The molecule has 0 unspecified atom stereocenters. The molecule has 0 heterocycles. The van der Waals surface area contributed by atoms with Gasteiger partial charge in [-0.2, -0.15) is 0 Å². The predicted octanol–water partition coefficient (Wildman–Crippen LogP) is 8.70. The third kappa shape index (κ3) is 5.73. The fraction of sp³-hybridized carbons (Fsp3) is 0.476. The van der Waals surface area contributed by atoms with Crippen molar-refractivity contribution in [2.45, 2.75) is 134 Å². The zero-order valence-corrected chi connectivity index (χ0v) is 37.0. The van der Waals surface area contributed by atoms with Crippen molar-refractivity contribution >= 4 is 63.4 Å². The van der Waals surface area contributed by atoms with E-state index in [0.717, 1.165) is 0 Å². The molecule has 3 aromatic rings. The summed E-state index contributed by atoms with van der Waals surface area (Å²) in [6.07, 6.45) is 0. The summed E-state index contributed by atoms with van der Waals surface area (Å²) in [5, 5.41) is 10.0. The molecule has 1 aliphatic rings. The van der Waals surface area contributed by atoms with Crippen LogP contribution in [0.4, 0.5) is 0 Å². The Morgan fingerprint density at radius 3 is 0.826 bits per heavy atom. The van der Waals surface area contributed by atoms with E-state index in [1.165, 1.54) is 27.8 Å². The van der Waals surface area contributed by atoms with Gasteiger partial charge in [-0.1, -0.05) is 155 Å². The van der Waals surface area contributed by atoms with Gasteiger partial charge in [0.2, 0.25) is 0 Å². The smallest absolute Gasteiger partial charge is 0.0656 e. The summed E-state index contributed by atoms with van der Waals surface area (Å²) in [4.78, 5) is 0. The molecule has 0 aliphatic heterocycles. The van der Waals surface area contributed by atoms with Gasteiger partial charge >= 0.3 is 0 Å². The molecule has 248 valence electrons. The number of rotatable bonds is 7. The predicted molar refractivity (Wildman–Crippen MR) is 222 cm³/mol. The summed E-state index contributed by atoms with van der Waals surface area (Å²) in [6.45, 7) is 47.6. The molecule has 0 saturated heterocycles. The van der Waals surface area contributed by atoms with Crippen molar-refractivity contribution in [2.24, 2.45) is 0 Å². The Bertz CT molecular complexity index is 1590. The molecule has 1 aliphatic carbocycles. The average Bonchev–Trinajstić information content (AvgIpc) is 3.08. The van der Waals surface area contributed by atoms with Crippen molar-refractivity contribution in [1.82, 2.24) is 0 Å². The van der Waals surface area contributed by atoms with Gasteiger partial charge in [-0.25, -0.2) is 0 Å². The SMILES string of the molecule is CC1=C(C)C([Si](c2c(C)ccc([Si](C)(C)C)c2C)(c2c(C)ccc([Si](C)(C)C)c2C)c2c(C)ccc([Si](C)(C)C)c2C)C(C)=C1C. The summed E-state index contributed by atoms with van der Waals surface area (Å²) >= 11 is 0. The van der Waals surface area contributed by atoms with Crippen LogP contribution < -0.4 is 31.1 Å². The van der Waals surface area contributed by atoms with Crippen LogP contribution in [0.1, 0.15) is 61.1 Å². The zero-order valence-electron chi connectivity index (χ0n) is 33.0. The van der Waals surface area contributed by atoms with E-state index in [1.54, 1.807) is 59.0 Å². The molecule has 4 rings (SSSR count). The lowest BCUT2D eigenvalue weighted by Gasteiger charge is -2.47. The van der Waals surface area contributed by atoms with E-state index in [1.807, 2.05) is 0 Å². The first-order valence-corrected chi connectivity index (χ1v) is 30.2. The number of aryl methyl sites for hydroxylation is 3. The Kier molecular flexibility index (Phi) is 9.74. The lowest BCUT2D eigenvalue weighted by atomic mass is 10.1. The van der Waals surface area contributed by atoms with Crippen LogP contribution in [-0.4, -0.2) is 32.3 Å². The Morgan fingerprint density at radius 2 is 0.609 bits per heavy atom. The van der Waals surface area contributed by atoms with Crippen LogP contribution in [-0.2, 0) is 0 Å². The van der Waals surface area contributed by atoms with Gasteiger partial charge in [0.25, 0.3) is 0 Å². The molecule has 4 heteroatoms. The maximum Gasteiger partial charge on any atom is 0.160 e. The molecule has 0 atom stereocenters. The van der Waals surface area contributed by atoms with Crippen molar-refractivity contribution in [1.29, 1.82) is 0 Å². The minimum atomic E-state index is -2.85. The van der Waals surface area contributed by atoms with Crippen LogP contribution in [0.25, 0.3) is 0 Å². The third-order valence-electron chi connectivity index (χ3n) is 11.7. The van der Waals surface area contributed by atoms with Crippen LogP contribution in [0.3, 0.4) is 0 Å². The number of hydrogen-bond acceptors (Lipinski definition) is 0. The summed E-state index contributed by atoms with van der Waals surface area (Å²) < 4.78 is 0. The van der Waals surface area contributed by atoms with Crippen LogP contribution in [0.15, 0.2) is 58.7 Å². The van der Waals surface area contributed by atoms with E-state index in [-0.39, 0.29) is 0 Å². The van der Waals surface area contributed by atoms with Gasteiger partial charge in [0, 0.05) is 5.54 Å².